The number of nitrogens with zero attached hydrogens (tertiary/aromatic N) is 4. The molecule has 3 heterocycles. The summed E-state index contributed by atoms with van der Waals surface area (Å²) in [6.45, 7) is 7.45. The number of hydrogen-bond donors (Lipinski definition) is 1. The highest BCUT2D eigenvalue weighted by molar-refractivity contribution is 5.89. The van der Waals surface area contributed by atoms with Crippen LogP contribution in [0, 0.1) is 5.92 Å². The number of piperidine rings is 1. The van der Waals surface area contributed by atoms with Gasteiger partial charge in [-0.25, -0.2) is 9.78 Å². The summed E-state index contributed by atoms with van der Waals surface area (Å²) in [4.78, 5) is 23.4. The molecule has 2 aliphatic heterocycles. The van der Waals surface area contributed by atoms with Crippen LogP contribution < -0.4 is 10.2 Å². The Morgan fingerprint density at radius 2 is 2.08 bits per heavy atom. The molecule has 0 spiro atoms. The second-order valence-corrected chi connectivity index (χ2v) is 7.14. The largest absolute Gasteiger partial charge is 0.378 e. The van der Waals surface area contributed by atoms with Crippen molar-refractivity contribution < 1.29 is 9.53 Å². The number of morpholine rings is 1. The molecule has 25 heavy (non-hydrogen) atoms. The van der Waals surface area contributed by atoms with Gasteiger partial charge in [0.15, 0.2) is 0 Å². The van der Waals surface area contributed by atoms with Gasteiger partial charge in [0.25, 0.3) is 0 Å². The number of urea groups is 1. The van der Waals surface area contributed by atoms with Crippen LogP contribution in [0.4, 0.5) is 16.3 Å². The number of amides is 2. The van der Waals surface area contributed by atoms with Crippen LogP contribution in [0.25, 0.3) is 0 Å². The minimum atomic E-state index is -0.0673. The average molecular weight is 347 g/mol. The Morgan fingerprint density at radius 1 is 1.32 bits per heavy atom. The highest BCUT2D eigenvalue weighted by atomic mass is 16.5. The first-order valence-corrected chi connectivity index (χ1v) is 9.05. The van der Waals surface area contributed by atoms with Gasteiger partial charge in [0, 0.05) is 32.7 Å². The molecule has 0 unspecified atom stereocenters. The molecule has 1 aromatic heterocycles. The quantitative estimate of drug-likeness (QED) is 0.902. The molecule has 2 aliphatic rings. The summed E-state index contributed by atoms with van der Waals surface area (Å²) in [5.41, 5.74) is 0.731. The highest BCUT2D eigenvalue weighted by Crippen LogP contribution is 2.21. The Morgan fingerprint density at radius 3 is 2.72 bits per heavy atom. The molecular formula is C18H29N5O2. The van der Waals surface area contributed by atoms with Gasteiger partial charge >= 0.3 is 6.03 Å². The van der Waals surface area contributed by atoms with Crippen molar-refractivity contribution in [2.45, 2.75) is 19.4 Å². The predicted molar refractivity (Wildman–Crippen MR) is 99.1 cm³/mol. The summed E-state index contributed by atoms with van der Waals surface area (Å²) in [5.74, 6) is 1.40. The van der Waals surface area contributed by atoms with E-state index >= 15 is 0 Å². The summed E-state index contributed by atoms with van der Waals surface area (Å²) in [6.07, 6.45) is 2.74. The van der Waals surface area contributed by atoms with Crippen molar-refractivity contribution in [2.24, 2.45) is 5.92 Å². The van der Waals surface area contributed by atoms with Crippen molar-refractivity contribution in [2.75, 3.05) is 63.7 Å². The summed E-state index contributed by atoms with van der Waals surface area (Å²) in [7, 11) is 4.02. The summed E-state index contributed by atoms with van der Waals surface area (Å²) < 4.78 is 5.36. The lowest BCUT2D eigenvalue weighted by molar-refractivity contribution is 0.113. The van der Waals surface area contributed by atoms with Crippen molar-refractivity contribution in [1.82, 2.24) is 14.8 Å². The second-order valence-electron chi connectivity index (χ2n) is 7.14. The van der Waals surface area contributed by atoms with Gasteiger partial charge in [-0.2, -0.15) is 0 Å². The van der Waals surface area contributed by atoms with Gasteiger partial charge in [0.1, 0.15) is 5.82 Å². The van der Waals surface area contributed by atoms with Gasteiger partial charge in [0.2, 0.25) is 0 Å². The number of hydrogen-bond acceptors (Lipinski definition) is 5. The van der Waals surface area contributed by atoms with E-state index in [4.69, 9.17) is 4.74 Å². The number of carbonyl (C=O) groups is 1. The molecule has 2 saturated heterocycles. The Bertz CT molecular complexity index is 573. The number of pyridine rings is 1. The Kier molecular flexibility index (Phi) is 5.75. The van der Waals surface area contributed by atoms with Crippen molar-refractivity contribution in [1.29, 1.82) is 0 Å². The zero-order valence-electron chi connectivity index (χ0n) is 15.4. The molecule has 2 fully saturated rings. The van der Waals surface area contributed by atoms with Crippen LogP contribution in [-0.2, 0) is 4.74 Å². The van der Waals surface area contributed by atoms with E-state index in [1.807, 2.05) is 24.1 Å². The molecule has 7 nitrogen and oxygen atoms in total. The fraction of sp³-hybridized carbons (Fsp3) is 0.667. The standard InChI is InChI=1S/C18H29N5O2/c1-14-13-21(2)7-6-16(14)22(3)18(24)20-15-4-5-17(19-12-15)23-8-10-25-11-9-23/h4-5,12,14,16H,6-11,13H2,1-3H3,(H,20,24)/t14-,16+/m0/s1. The molecule has 138 valence electrons. The second kappa shape index (κ2) is 8.01. The lowest BCUT2D eigenvalue weighted by atomic mass is 9.93. The van der Waals surface area contributed by atoms with Gasteiger partial charge in [-0.15, -0.1) is 0 Å². The van der Waals surface area contributed by atoms with Crippen LogP contribution in [0.5, 0.6) is 0 Å². The molecule has 0 aromatic carbocycles. The number of rotatable bonds is 3. The average Bonchev–Trinajstić information content (AvgIpc) is 2.62. The highest BCUT2D eigenvalue weighted by Gasteiger charge is 2.30. The molecule has 7 heteroatoms. The van der Waals surface area contributed by atoms with Gasteiger partial charge in [-0.05, 0) is 38.1 Å². The summed E-state index contributed by atoms with van der Waals surface area (Å²) >= 11 is 0. The van der Waals surface area contributed by atoms with Crippen molar-refractivity contribution in [3.05, 3.63) is 18.3 Å². The van der Waals surface area contributed by atoms with Crippen molar-refractivity contribution in [3.8, 4) is 0 Å². The monoisotopic (exact) mass is 347 g/mol. The molecule has 1 aromatic rings. The van der Waals surface area contributed by atoms with Gasteiger partial charge in [-0.1, -0.05) is 6.92 Å². The lowest BCUT2D eigenvalue weighted by Crippen LogP contribution is -2.50. The van der Waals surface area contributed by atoms with Crippen molar-refractivity contribution in [3.63, 3.8) is 0 Å². The molecule has 0 aliphatic carbocycles. The third-order valence-corrected chi connectivity index (χ3v) is 5.22. The maximum Gasteiger partial charge on any atom is 0.321 e. The molecule has 0 radical (unpaired) electrons. The zero-order valence-corrected chi connectivity index (χ0v) is 15.4. The number of ether oxygens (including phenoxy) is 1. The molecule has 3 rings (SSSR count). The van der Waals surface area contributed by atoms with E-state index in [2.05, 4.69) is 34.1 Å². The van der Waals surface area contributed by atoms with Crippen LogP contribution in [0.1, 0.15) is 13.3 Å². The van der Waals surface area contributed by atoms with E-state index in [-0.39, 0.29) is 12.1 Å². The third kappa shape index (κ3) is 4.41. The van der Waals surface area contributed by atoms with E-state index in [0.29, 0.717) is 5.92 Å². The summed E-state index contributed by atoms with van der Waals surface area (Å²) in [6, 6.07) is 4.08. The normalized spacial score (nSPS) is 24.8. The van der Waals surface area contributed by atoms with Crippen LogP contribution in [0.2, 0.25) is 0 Å². The fourth-order valence-corrected chi connectivity index (χ4v) is 3.72. The van der Waals surface area contributed by atoms with Crippen LogP contribution in [0.15, 0.2) is 18.3 Å². The predicted octanol–water partition coefficient (Wildman–Crippen LogP) is 1.72. The van der Waals surface area contributed by atoms with E-state index < -0.39 is 0 Å². The number of nitrogens with one attached hydrogen (secondary N) is 1. The van der Waals surface area contributed by atoms with Gasteiger partial charge < -0.3 is 24.8 Å². The maximum atomic E-state index is 12.6. The maximum absolute atomic E-state index is 12.6. The lowest BCUT2D eigenvalue weighted by Gasteiger charge is -2.39. The summed E-state index contributed by atoms with van der Waals surface area (Å²) in [5, 5.41) is 2.97. The van der Waals surface area contributed by atoms with Gasteiger partial charge in [0.05, 0.1) is 25.1 Å². The Hall–Kier alpha value is -1.86. The van der Waals surface area contributed by atoms with Crippen LogP contribution in [-0.4, -0.2) is 80.3 Å². The number of aromatic nitrogens is 1. The van der Waals surface area contributed by atoms with E-state index in [9.17, 15) is 4.79 Å². The SMILES string of the molecule is C[C@H]1CN(C)CC[C@H]1N(C)C(=O)Nc1ccc(N2CCOCC2)nc1. The first kappa shape index (κ1) is 17.9. The van der Waals surface area contributed by atoms with E-state index in [1.54, 1.807) is 6.20 Å². The molecular weight excluding hydrogens is 318 g/mol. The smallest absolute Gasteiger partial charge is 0.321 e. The molecule has 2 amide bonds. The Labute approximate surface area is 149 Å². The van der Waals surface area contributed by atoms with E-state index in [1.165, 1.54) is 0 Å². The van der Waals surface area contributed by atoms with Crippen LogP contribution in [0.3, 0.4) is 0 Å². The first-order valence-electron chi connectivity index (χ1n) is 9.05. The fourth-order valence-electron chi connectivity index (χ4n) is 3.72. The molecule has 0 bridgehead atoms. The van der Waals surface area contributed by atoms with Crippen LogP contribution >= 0.6 is 0 Å². The van der Waals surface area contributed by atoms with Crippen molar-refractivity contribution >= 4 is 17.5 Å². The van der Waals surface area contributed by atoms with Gasteiger partial charge in [-0.3, -0.25) is 0 Å². The minimum Gasteiger partial charge on any atom is -0.378 e. The number of anilines is 2. The minimum absolute atomic E-state index is 0.0673. The topological polar surface area (TPSA) is 60.9 Å². The molecule has 0 saturated carbocycles. The first-order chi connectivity index (χ1) is 12.0. The number of carbonyl (C=O) groups excluding carboxylic acids is 1. The number of likely N-dealkylation sites (tertiary alicyclic amines) is 1. The third-order valence-electron chi connectivity index (χ3n) is 5.22. The Balaban J connectivity index is 1.56. The molecule has 2 atom stereocenters. The van der Waals surface area contributed by atoms with E-state index in [0.717, 1.165) is 57.3 Å². The molecule has 1 N–H and O–H groups in total. The zero-order chi connectivity index (χ0) is 17.8.